The Morgan fingerprint density at radius 1 is 1.00 bits per heavy atom. The number of carbonyl (C=O) groups excluding carboxylic acids is 1. The maximum atomic E-state index is 11.8. The van der Waals surface area contributed by atoms with Gasteiger partial charge in [0.2, 0.25) is 0 Å². The van der Waals surface area contributed by atoms with Crippen LogP contribution in [0.1, 0.15) is 57.4 Å². The van der Waals surface area contributed by atoms with Crippen molar-refractivity contribution in [2.45, 2.75) is 58.3 Å². The second-order valence-electron chi connectivity index (χ2n) is 4.86. The van der Waals surface area contributed by atoms with Gasteiger partial charge in [-0.2, -0.15) is 0 Å². The van der Waals surface area contributed by atoms with Crippen molar-refractivity contribution >= 4 is 17.4 Å². The molecular weight excluding hydrogens is 244 g/mol. The van der Waals surface area contributed by atoms with Gasteiger partial charge in [0.05, 0.1) is 0 Å². The lowest BCUT2D eigenvalue weighted by atomic mass is 10.0. The zero-order valence-electron chi connectivity index (χ0n) is 11.3. The topological polar surface area (TPSA) is 17.1 Å². The van der Waals surface area contributed by atoms with Crippen LogP contribution >= 0.6 is 11.6 Å². The third-order valence-electron chi connectivity index (χ3n) is 3.12. The fraction of sp³-hybridized carbons (Fsp3) is 0.562. The number of rotatable bonds is 9. The molecule has 0 bridgehead atoms. The molecule has 1 aromatic rings. The van der Waals surface area contributed by atoms with Gasteiger partial charge in [-0.3, -0.25) is 4.79 Å². The SMILES string of the molecule is CCCCCCCCC(=O)Cc1ccc(Cl)cc1. The van der Waals surface area contributed by atoms with Crippen molar-refractivity contribution in [1.29, 1.82) is 0 Å². The van der Waals surface area contributed by atoms with Gasteiger partial charge in [0.15, 0.2) is 0 Å². The number of hydrogen-bond donors (Lipinski definition) is 0. The summed E-state index contributed by atoms with van der Waals surface area (Å²) in [6, 6.07) is 7.55. The fourth-order valence-electron chi connectivity index (χ4n) is 2.02. The Morgan fingerprint density at radius 2 is 1.61 bits per heavy atom. The Kier molecular flexibility index (Phi) is 7.75. The number of unbranched alkanes of at least 4 members (excludes halogenated alkanes) is 5. The highest BCUT2D eigenvalue weighted by Crippen LogP contribution is 2.12. The first kappa shape index (κ1) is 15.2. The summed E-state index contributed by atoms with van der Waals surface area (Å²) >= 11 is 5.81. The van der Waals surface area contributed by atoms with Gasteiger partial charge in [0.1, 0.15) is 5.78 Å². The summed E-state index contributed by atoms with van der Waals surface area (Å²) in [7, 11) is 0. The maximum absolute atomic E-state index is 11.8. The minimum Gasteiger partial charge on any atom is -0.299 e. The van der Waals surface area contributed by atoms with Crippen molar-refractivity contribution in [2.24, 2.45) is 0 Å². The second kappa shape index (κ2) is 9.16. The van der Waals surface area contributed by atoms with E-state index in [9.17, 15) is 4.79 Å². The van der Waals surface area contributed by atoms with Crippen LogP contribution in [0, 0.1) is 0 Å². The first-order valence-electron chi connectivity index (χ1n) is 6.98. The normalized spacial score (nSPS) is 10.6. The van der Waals surface area contributed by atoms with Crippen LogP contribution in [0.15, 0.2) is 24.3 Å². The van der Waals surface area contributed by atoms with E-state index in [4.69, 9.17) is 11.6 Å². The van der Waals surface area contributed by atoms with Crippen LogP contribution in [0.2, 0.25) is 5.02 Å². The lowest BCUT2D eigenvalue weighted by molar-refractivity contribution is -0.118. The number of benzene rings is 1. The summed E-state index contributed by atoms with van der Waals surface area (Å²) in [6.07, 6.45) is 8.65. The lowest BCUT2D eigenvalue weighted by Crippen LogP contribution is -2.02. The Balaban J connectivity index is 2.12. The highest BCUT2D eigenvalue weighted by atomic mass is 35.5. The molecule has 0 unspecified atom stereocenters. The molecule has 0 aliphatic carbocycles. The number of carbonyl (C=O) groups is 1. The van der Waals surface area contributed by atoms with Crippen LogP contribution < -0.4 is 0 Å². The summed E-state index contributed by atoms with van der Waals surface area (Å²) in [5.41, 5.74) is 1.07. The van der Waals surface area contributed by atoms with Crippen LogP contribution in [0.4, 0.5) is 0 Å². The smallest absolute Gasteiger partial charge is 0.137 e. The molecule has 0 atom stereocenters. The highest BCUT2D eigenvalue weighted by Gasteiger charge is 2.03. The van der Waals surface area contributed by atoms with Gasteiger partial charge in [0.25, 0.3) is 0 Å². The Hall–Kier alpha value is -0.820. The minimum atomic E-state index is 0.341. The molecule has 0 fully saturated rings. The predicted molar refractivity (Wildman–Crippen MR) is 78.2 cm³/mol. The average molecular weight is 267 g/mol. The Morgan fingerprint density at radius 3 is 2.28 bits per heavy atom. The number of halogens is 1. The predicted octanol–water partition coefficient (Wildman–Crippen LogP) is 5.20. The molecule has 0 spiro atoms. The van der Waals surface area contributed by atoms with Crippen LogP contribution in [0.5, 0.6) is 0 Å². The lowest BCUT2D eigenvalue weighted by Gasteiger charge is -2.02. The molecule has 0 aliphatic heterocycles. The summed E-state index contributed by atoms with van der Waals surface area (Å²) in [5.74, 6) is 0.341. The molecule has 0 amide bonds. The molecule has 2 heteroatoms. The Labute approximate surface area is 116 Å². The largest absolute Gasteiger partial charge is 0.299 e. The summed E-state index contributed by atoms with van der Waals surface area (Å²) < 4.78 is 0. The summed E-state index contributed by atoms with van der Waals surface area (Å²) in [4.78, 5) is 11.8. The molecule has 0 heterocycles. The van der Waals surface area contributed by atoms with Gasteiger partial charge in [-0.25, -0.2) is 0 Å². The van der Waals surface area contributed by atoms with Crippen molar-refractivity contribution in [3.05, 3.63) is 34.9 Å². The van der Waals surface area contributed by atoms with E-state index in [1.807, 2.05) is 24.3 Å². The number of Topliss-reactive ketones (excluding diaryl/α,β-unsaturated/α-hetero) is 1. The molecule has 0 aliphatic rings. The van der Waals surface area contributed by atoms with Gasteiger partial charge in [-0.15, -0.1) is 0 Å². The Bertz CT molecular complexity index is 343. The molecule has 0 saturated carbocycles. The van der Waals surface area contributed by atoms with Crippen molar-refractivity contribution < 1.29 is 4.79 Å². The molecule has 1 nitrogen and oxygen atoms in total. The minimum absolute atomic E-state index is 0.341. The van der Waals surface area contributed by atoms with Crippen molar-refractivity contribution in [3.8, 4) is 0 Å². The zero-order chi connectivity index (χ0) is 13.2. The molecular formula is C16H23ClO. The van der Waals surface area contributed by atoms with E-state index >= 15 is 0 Å². The van der Waals surface area contributed by atoms with E-state index in [1.165, 1.54) is 32.1 Å². The molecule has 1 rings (SSSR count). The second-order valence-corrected chi connectivity index (χ2v) is 5.30. The molecule has 1 aromatic carbocycles. The standard InChI is InChI=1S/C16H23ClO/c1-2-3-4-5-6-7-8-16(18)13-14-9-11-15(17)12-10-14/h9-12H,2-8,13H2,1H3. The van der Waals surface area contributed by atoms with Gasteiger partial charge >= 0.3 is 0 Å². The third kappa shape index (κ3) is 6.80. The molecule has 0 radical (unpaired) electrons. The molecule has 0 saturated heterocycles. The van der Waals surface area contributed by atoms with Crippen molar-refractivity contribution in [3.63, 3.8) is 0 Å². The summed E-state index contributed by atoms with van der Waals surface area (Å²) in [6.45, 7) is 2.22. The highest BCUT2D eigenvalue weighted by molar-refractivity contribution is 6.30. The van der Waals surface area contributed by atoms with Crippen LogP contribution in [0.25, 0.3) is 0 Å². The first-order valence-corrected chi connectivity index (χ1v) is 7.36. The van der Waals surface area contributed by atoms with Gasteiger partial charge in [0, 0.05) is 17.9 Å². The molecule has 0 aromatic heterocycles. The van der Waals surface area contributed by atoms with Crippen molar-refractivity contribution in [1.82, 2.24) is 0 Å². The number of ketones is 1. The van der Waals surface area contributed by atoms with Gasteiger partial charge in [-0.1, -0.05) is 62.8 Å². The van der Waals surface area contributed by atoms with Crippen LogP contribution in [-0.2, 0) is 11.2 Å². The summed E-state index contributed by atoms with van der Waals surface area (Å²) in [5, 5.41) is 0.724. The zero-order valence-corrected chi connectivity index (χ0v) is 12.0. The molecule has 100 valence electrons. The van der Waals surface area contributed by atoms with Gasteiger partial charge in [-0.05, 0) is 24.1 Å². The van der Waals surface area contributed by atoms with E-state index < -0.39 is 0 Å². The quantitative estimate of drug-likeness (QED) is 0.561. The average Bonchev–Trinajstić information content (AvgIpc) is 2.36. The molecule has 18 heavy (non-hydrogen) atoms. The van der Waals surface area contributed by atoms with E-state index in [2.05, 4.69) is 6.92 Å². The fourth-order valence-corrected chi connectivity index (χ4v) is 2.15. The van der Waals surface area contributed by atoms with E-state index in [1.54, 1.807) is 0 Å². The monoisotopic (exact) mass is 266 g/mol. The molecule has 0 N–H and O–H groups in total. The van der Waals surface area contributed by atoms with Gasteiger partial charge < -0.3 is 0 Å². The third-order valence-corrected chi connectivity index (χ3v) is 3.38. The first-order chi connectivity index (χ1) is 8.72. The maximum Gasteiger partial charge on any atom is 0.137 e. The van der Waals surface area contributed by atoms with E-state index in [0.717, 1.165) is 23.4 Å². The van der Waals surface area contributed by atoms with E-state index in [-0.39, 0.29) is 0 Å². The number of hydrogen-bond acceptors (Lipinski definition) is 1. The van der Waals surface area contributed by atoms with Crippen molar-refractivity contribution in [2.75, 3.05) is 0 Å². The van der Waals surface area contributed by atoms with Crippen LogP contribution in [-0.4, -0.2) is 5.78 Å². The van der Waals surface area contributed by atoms with Crippen LogP contribution in [0.3, 0.4) is 0 Å². The van der Waals surface area contributed by atoms with E-state index in [0.29, 0.717) is 12.2 Å².